The minimum absolute atomic E-state index is 0.273. The van der Waals surface area contributed by atoms with Crippen molar-refractivity contribution in [1.82, 2.24) is 4.98 Å². The van der Waals surface area contributed by atoms with Gasteiger partial charge < -0.3 is 10.1 Å². The van der Waals surface area contributed by atoms with E-state index in [4.69, 9.17) is 11.6 Å². The minimum atomic E-state index is -1.15. The summed E-state index contributed by atoms with van der Waals surface area (Å²) in [6.07, 6.45) is 1.39. The molecular weight excluding hydrogens is 178 g/mol. The third kappa shape index (κ3) is 1.87. The number of hydrogen-bond acceptors (Lipinski definition) is 2. The summed E-state index contributed by atoms with van der Waals surface area (Å²) < 4.78 is 0. The van der Waals surface area contributed by atoms with Gasteiger partial charge in [0.2, 0.25) is 0 Å². The Morgan fingerprint density at radius 1 is 1.58 bits per heavy atom. The molecular formula is C8H10ClNO2. The van der Waals surface area contributed by atoms with Crippen molar-refractivity contribution in [2.24, 2.45) is 0 Å². The van der Waals surface area contributed by atoms with Gasteiger partial charge in [0.1, 0.15) is 0 Å². The van der Waals surface area contributed by atoms with Gasteiger partial charge in [0.15, 0.2) is 0 Å². The van der Waals surface area contributed by atoms with Gasteiger partial charge in [0.05, 0.1) is 10.6 Å². The lowest BCUT2D eigenvalue weighted by Crippen LogP contribution is -2.26. The molecule has 0 unspecified atom stereocenters. The smallest absolute Gasteiger partial charge is 0.254 e. The predicted octanol–water partition coefficient (Wildman–Crippen LogP) is 1.26. The molecule has 0 fully saturated rings. The molecule has 2 N–H and O–H groups in total. The molecule has 0 amide bonds. The molecule has 0 aliphatic rings. The molecule has 4 heteroatoms. The zero-order chi connectivity index (χ0) is 9.35. The maximum Gasteiger partial charge on any atom is 0.254 e. The van der Waals surface area contributed by atoms with E-state index in [0.29, 0.717) is 5.02 Å². The highest BCUT2D eigenvalue weighted by Gasteiger charge is 2.19. The highest BCUT2D eigenvalue weighted by Crippen LogP contribution is 2.17. The van der Waals surface area contributed by atoms with Crippen molar-refractivity contribution in [3.63, 3.8) is 0 Å². The second-order valence-corrected chi connectivity index (χ2v) is 3.56. The third-order valence-electron chi connectivity index (χ3n) is 1.53. The minimum Gasteiger partial charge on any atom is -0.386 e. The normalized spacial score (nSPS) is 11.7. The summed E-state index contributed by atoms with van der Waals surface area (Å²) in [5.41, 5.74) is -1.19. The van der Waals surface area contributed by atoms with Crippen molar-refractivity contribution < 1.29 is 5.11 Å². The van der Waals surface area contributed by atoms with E-state index < -0.39 is 5.60 Å². The first-order valence-electron chi connectivity index (χ1n) is 3.52. The van der Waals surface area contributed by atoms with Gasteiger partial charge >= 0.3 is 0 Å². The van der Waals surface area contributed by atoms with Crippen molar-refractivity contribution in [3.8, 4) is 0 Å². The number of pyridine rings is 1. The summed E-state index contributed by atoms with van der Waals surface area (Å²) >= 11 is 5.64. The van der Waals surface area contributed by atoms with Gasteiger partial charge in [0, 0.05) is 11.8 Å². The van der Waals surface area contributed by atoms with Crippen LogP contribution in [0.3, 0.4) is 0 Å². The molecule has 0 saturated carbocycles. The van der Waals surface area contributed by atoms with Gasteiger partial charge in [-0.05, 0) is 19.9 Å². The fourth-order valence-corrected chi connectivity index (χ4v) is 1.08. The highest BCUT2D eigenvalue weighted by molar-refractivity contribution is 6.30. The Labute approximate surface area is 75.0 Å². The molecule has 0 spiro atoms. The Balaban J connectivity index is 3.33. The fraction of sp³-hybridized carbons (Fsp3) is 0.375. The monoisotopic (exact) mass is 187 g/mol. The van der Waals surface area contributed by atoms with Gasteiger partial charge in [-0.2, -0.15) is 0 Å². The Hall–Kier alpha value is -0.800. The summed E-state index contributed by atoms with van der Waals surface area (Å²) in [5, 5.41) is 9.92. The Bertz CT molecular complexity index is 338. The van der Waals surface area contributed by atoms with Crippen molar-refractivity contribution in [2.45, 2.75) is 19.4 Å². The van der Waals surface area contributed by atoms with Crippen LogP contribution in [0.2, 0.25) is 5.02 Å². The van der Waals surface area contributed by atoms with E-state index in [0.717, 1.165) is 0 Å². The van der Waals surface area contributed by atoms with E-state index in [9.17, 15) is 9.90 Å². The number of H-pyrrole nitrogens is 1. The van der Waals surface area contributed by atoms with E-state index in [1.54, 1.807) is 0 Å². The van der Waals surface area contributed by atoms with Crippen molar-refractivity contribution >= 4 is 11.6 Å². The van der Waals surface area contributed by atoms with Gasteiger partial charge in [-0.15, -0.1) is 0 Å². The second-order valence-electron chi connectivity index (χ2n) is 3.12. The van der Waals surface area contributed by atoms with Crippen molar-refractivity contribution in [2.75, 3.05) is 0 Å². The van der Waals surface area contributed by atoms with Crippen LogP contribution < -0.4 is 5.56 Å². The molecule has 12 heavy (non-hydrogen) atoms. The largest absolute Gasteiger partial charge is 0.386 e. The van der Waals surface area contributed by atoms with E-state index in [1.807, 2.05) is 0 Å². The average Bonchev–Trinajstić information content (AvgIpc) is 1.92. The van der Waals surface area contributed by atoms with E-state index in [2.05, 4.69) is 4.98 Å². The molecule has 1 rings (SSSR count). The molecule has 1 aromatic rings. The molecule has 1 aromatic heterocycles. The SMILES string of the molecule is CC(C)(O)c1cc(Cl)c[nH]c1=O. The maximum atomic E-state index is 11.1. The standard InChI is InChI=1S/C8H10ClNO2/c1-8(2,12)6-3-5(9)4-10-7(6)11/h3-4,12H,1-2H3,(H,10,11). The number of halogens is 1. The molecule has 0 saturated heterocycles. The first kappa shape index (κ1) is 9.29. The van der Waals surface area contributed by atoms with Crippen LogP contribution in [-0.2, 0) is 5.60 Å². The zero-order valence-electron chi connectivity index (χ0n) is 6.89. The van der Waals surface area contributed by atoms with Crippen LogP contribution in [0.15, 0.2) is 17.1 Å². The Morgan fingerprint density at radius 2 is 2.17 bits per heavy atom. The van der Waals surface area contributed by atoms with Crippen LogP contribution in [0.25, 0.3) is 0 Å². The number of rotatable bonds is 1. The fourth-order valence-electron chi connectivity index (χ4n) is 0.912. The molecule has 0 aromatic carbocycles. The van der Waals surface area contributed by atoms with Crippen molar-refractivity contribution in [3.05, 3.63) is 33.2 Å². The lowest BCUT2D eigenvalue weighted by atomic mass is 10.0. The van der Waals surface area contributed by atoms with Gasteiger partial charge in [-0.25, -0.2) is 0 Å². The third-order valence-corrected chi connectivity index (χ3v) is 1.75. The highest BCUT2D eigenvalue weighted by atomic mass is 35.5. The van der Waals surface area contributed by atoms with Crippen LogP contribution in [0.5, 0.6) is 0 Å². The summed E-state index contributed by atoms with van der Waals surface area (Å²) in [6, 6.07) is 1.46. The summed E-state index contributed by atoms with van der Waals surface area (Å²) in [4.78, 5) is 13.6. The zero-order valence-corrected chi connectivity index (χ0v) is 7.64. The summed E-state index contributed by atoms with van der Waals surface area (Å²) in [7, 11) is 0. The summed E-state index contributed by atoms with van der Waals surface area (Å²) in [6.45, 7) is 3.07. The van der Waals surface area contributed by atoms with E-state index >= 15 is 0 Å². The maximum absolute atomic E-state index is 11.1. The molecule has 0 aliphatic carbocycles. The number of nitrogens with one attached hydrogen (secondary N) is 1. The number of hydrogen-bond donors (Lipinski definition) is 2. The van der Waals surface area contributed by atoms with Crippen LogP contribution in [-0.4, -0.2) is 10.1 Å². The van der Waals surface area contributed by atoms with Crippen LogP contribution in [0, 0.1) is 0 Å². The topological polar surface area (TPSA) is 53.1 Å². The first-order chi connectivity index (χ1) is 5.41. The molecule has 0 atom stereocenters. The summed E-state index contributed by atoms with van der Waals surface area (Å²) in [5.74, 6) is 0. The number of aliphatic hydroxyl groups is 1. The van der Waals surface area contributed by atoms with Crippen LogP contribution in [0.1, 0.15) is 19.4 Å². The van der Waals surface area contributed by atoms with Crippen molar-refractivity contribution in [1.29, 1.82) is 0 Å². The molecule has 0 radical (unpaired) electrons. The van der Waals surface area contributed by atoms with Crippen LogP contribution >= 0.6 is 11.6 Å². The first-order valence-corrected chi connectivity index (χ1v) is 3.90. The molecule has 66 valence electrons. The van der Waals surface area contributed by atoms with E-state index in [1.165, 1.54) is 26.1 Å². The lowest BCUT2D eigenvalue weighted by Gasteiger charge is -2.15. The molecule has 3 nitrogen and oxygen atoms in total. The van der Waals surface area contributed by atoms with E-state index in [-0.39, 0.29) is 11.1 Å². The second kappa shape index (κ2) is 2.92. The molecule has 0 aliphatic heterocycles. The van der Waals surface area contributed by atoms with Gasteiger partial charge in [-0.1, -0.05) is 11.6 Å². The predicted molar refractivity (Wildman–Crippen MR) is 47.3 cm³/mol. The average molecular weight is 188 g/mol. The lowest BCUT2D eigenvalue weighted by molar-refractivity contribution is 0.0770. The number of aromatic amines is 1. The Kier molecular flexibility index (Phi) is 2.26. The van der Waals surface area contributed by atoms with Crippen LogP contribution in [0.4, 0.5) is 0 Å². The molecule has 0 bridgehead atoms. The number of aromatic nitrogens is 1. The Morgan fingerprint density at radius 3 is 2.58 bits per heavy atom. The van der Waals surface area contributed by atoms with Gasteiger partial charge in [-0.3, -0.25) is 4.79 Å². The molecule has 1 heterocycles. The van der Waals surface area contributed by atoms with Gasteiger partial charge in [0.25, 0.3) is 5.56 Å². The quantitative estimate of drug-likeness (QED) is 0.696.